The van der Waals surface area contributed by atoms with E-state index in [1.807, 2.05) is 0 Å². The average Bonchev–Trinajstić information content (AvgIpc) is 2.74. The number of hydrogen-bond donors (Lipinski definition) is 8. The van der Waals surface area contributed by atoms with Crippen LogP contribution >= 0.6 is 0 Å². The highest BCUT2D eigenvalue weighted by atomic mass is 16.7. The summed E-state index contributed by atoms with van der Waals surface area (Å²) in [5.41, 5.74) is 6.10. The Hall–Kier alpha value is -1.58. The lowest BCUT2D eigenvalue weighted by Crippen LogP contribution is -2.65. The number of ether oxygens (including phenoxy) is 4. The van der Waals surface area contributed by atoms with E-state index in [2.05, 4.69) is 0 Å². The minimum Gasteiger partial charge on any atom is -0.462 e. The molecule has 2 fully saturated rings. The first-order valence-electron chi connectivity index (χ1n) is 9.37. The van der Waals surface area contributed by atoms with Crippen molar-refractivity contribution in [3.05, 3.63) is 24.3 Å². The van der Waals surface area contributed by atoms with Gasteiger partial charge in [-0.15, -0.1) is 0 Å². The molecule has 0 spiro atoms. The van der Waals surface area contributed by atoms with Gasteiger partial charge in [-0.2, -0.15) is 0 Å². The van der Waals surface area contributed by atoms with Crippen molar-refractivity contribution in [2.24, 2.45) is 0 Å². The molecule has 170 valence electrons. The largest absolute Gasteiger partial charge is 0.462 e. The van der Waals surface area contributed by atoms with Crippen LogP contribution in [0.15, 0.2) is 24.3 Å². The number of aliphatic hydroxyl groups is 7. The van der Waals surface area contributed by atoms with E-state index in [4.69, 9.17) is 24.7 Å². The van der Waals surface area contributed by atoms with E-state index >= 15 is 0 Å². The normalized spacial score (nSPS) is 42.1. The summed E-state index contributed by atoms with van der Waals surface area (Å²) in [6.45, 7) is -1.31. The summed E-state index contributed by atoms with van der Waals surface area (Å²) >= 11 is 0. The van der Waals surface area contributed by atoms with Gasteiger partial charge in [-0.05, 0) is 24.3 Å². The summed E-state index contributed by atoms with van der Waals surface area (Å²) in [5.74, 6) is 0.297. The van der Waals surface area contributed by atoms with Crippen molar-refractivity contribution in [2.75, 3.05) is 18.9 Å². The zero-order valence-electron chi connectivity index (χ0n) is 15.8. The smallest absolute Gasteiger partial charge is 0.229 e. The summed E-state index contributed by atoms with van der Waals surface area (Å²) in [4.78, 5) is 0. The monoisotopic (exact) mass is 433 g/mol. The molecule has 9 N–H and O–H groups in total. The Morgan fingerprint density at radius 2 is 1.30 bits per heavy atom. The lowest BCUT2D eigenvalue weighted by Gasteiger charge is -2.45. The maximum Gasteiger partial charge on any atom is 0.229 e. The van der Waals surface area contributed by atoms with Crippen molar-refractivity contribution in [3.8, 4) is 5.75 Å². The van der Waals surface area contributed by atoms with Gasteiger partial charge >= 0.3 is 0 Å². The fourth-order valence-corrected chi connectivity index (χ4v) is 3.33. The number of benzene rings is 1. The summed E-state index contributed by atoms with van der Waals surface area (Å²) < 4.78 is 21.7. The Morgan fingerprint density at radius 1 is 0.733 bits per heavy atom. The zero-order valence-corrected chi connectivity index (χ0v) is 15.8. The fraction of sp³-hybridized carbons (Fsp3) is 0.667. The number of nitrogen functional groups attached to an aromatic ring is 1. The van der Waals surface area contributed by atoms with Crippen LogP contribution in [0.3, 0.4) is 0 Å². The van der Waals surface area contributed by atoms with Crippen molar-refractivity contribution in [1.29, 1.82) is 0 Å². The predicted molar refractivity (Wildman–Crippen MR) is 97.9 cm³/mol. The molecule has 0 aromatic heterocycles. The van der Waals surface area contributed by atoms with Crippen molar-refractivity contribution in [2.45, 2.75) is 61.4 Å². The molecule has 0 amide bonds. The van der Waals surface area contributed by atoms with Gasteiger partial charge in [0.15, 0.2) is 6.29 Å². The van der Waals surface area contributed by atoms with Crippen LogP contribution in [0.4, 0.5) is 5.69 Å². The molecular formula is C18H27NO11. The van der Waals surface area contributed by atoms with Crippen LogP contribution in [0.1, 0.15) is 0 Å². The van der Waals surface area contributed by atoms with Gasteiger partial charge in [-0.25, -0.2) is 0 Å². The van der Waals surface area contributed by atoms with Crippen LogP contribution in [0, 0.1) is 0 Å². The molecule has 0 saturated carbocycles. The van der Waals surface area contributed by atoms with Gasteiger partial charge in [0.05, 0.1) is 13.2 Å². The highest BCUT2D eigenvalue weighted by Crippen LogP contribution is 2.30. The van der Waals surface area contributed by atoms with Crippen molar-refractivity contribution >= 4 is 5.69 Å². The molecule has 12 nitrogen and oxygen atoms in total. The maximum absolute atomic E-state index is 10.5. The number of anilines is 1. The summed E-state index contributed by atoms with van der Waals surface area (Å²) in [7, 11) is 0. The third-order valence-electron chi connectivity index (χ3n) is 5.09. The predicted octanol–water partition coefficient (Wildman–Crippen LogP) is -3.73. The first-order chi connectivity index (χ1) is 14.3. The van der Waals surface area contributed by atoms with E-state index < -0.39 is 74.6 Å². The van der Waals surface area contributed by atoms with Gasteiger partial charge in [0.2, 0.25) is 6.29 Å². The molecule has 1 aromatic carbocycles. The molecule has 3 rings (SSSR count). The Labute approximate surface area is 171 Å². The van der Waals surface area contributed by atoms with E-state index in [0.29, 0.717) is 11.4 Å². The van der Waals surface area contributed by atoms with E-state index in [-0.39, 0.29) is 0 Å². The molecule has 0 aliphatic carbocycles. The number of nitrogens with two attached hydrogens (primary N) is 1. The molecule has 10 atom stereocenters. The maximum atomic E-state index is 10.5. The Morgan fingerprint density at radius 3 is 1.90 bits per heavy atom. The Bertz CT molecular complexity index is 673. The van der Waals surface area contributed by atoms with E-state index in [0.717, 1.165) is 0 Å². The first kappa shape index (κ1) is 23.1. The van der Waals surface area contributed by atoms with Crippen molar-refractivity contribution < 1.29 is 54.7 Å². The second kappa shape index (κ2) is 9.70. The van der Waals surface area contributed by atoms with E-state index in [9.17, 15) is 35.7 Å². The number of aliphatic hydroxyl groups excluding tert-OH is 7. The van der Waals surface area contributed by atoms with Gasteiger partial charge < -0.3 is 60.4 Å². The molecule has 0 radical (unpaired) electrons. The quantitative estimate of drug-likeness (QED) is 0.204. The molecule has 30 heavy (non-hydrogen) atoms. The third-order valence-corrected chi connectivity index (χ3v) is 5.09. The van der Waals surface area contributed by atoms with Crippen LogP contribution in [0.25, 0.3) is 0 Å². The Kier molecular flexibility index (Phi) is 7.47. The SMILES string of the molecule is Nc1ccc(O[C@H]2O[C@H](CO)[C@@H](O[C@H]3O[C@H](CO)[C@H](O)[C@H](O)[C@H]3O)[C@H](O)[C@H]2O)cc1. The van der Waals surface area contributed by atoms with Gasteiger partial charge in [0.25, 0.3) is 0 Å². The minimum absolute atomic E-state index is 0.297. The van der Waals surface area contributed by atoms with Crippen LogP contribution in [0.5, 0.6) is 5.75 Å². The molecular weight excluding hydrogens is 406 g/mol. The summed E-state index contributed by atoms with van der Waals surface area (Å²) in [5, 5.41) is 69.7. The standard InChI is InChI=1S/C18H27NO11/c19-7-1-3-8(4-2-7)27-17-15(26)13(24)16(10(6-21)29-17)30-18-14(25)12(23)11(22)9(5-20)28-18/h1-4,9-18,20-26H,5-6,19H2/t9-,10-,11+,12+,13-,14-,15-,16-,17+,18-/m1/s1. The Balaban J connectivity index is 1.71. The molecule has 0 bridgehead atoms. The molecule has 0 unspecified atom stereocenters. The van der Waals surface area contributed by atoms with Gasteiger partial charge in [-0.1, -0.05) is 0 Å². The number of rotatable bonds is 6. The number of hydrogen-bond acceptors (Lipinski definition) is 12. The summed E-state index contributed by atoms with van der Waals surface area (Å²) in [6.07, 6.45) is -15.0. The van der Waals surface area contributed by atoms with Gasteiger partial charge in [0.1, 0.15) is 54.6 Å². The molecule has 2 aliphatic rings. The van der Waals surface area contributed by atoms with Crippen molar-refractivity contribution in [3.63, 3.8) is 0 Å². The van der Waals surface area contributed by atoms with E-state index in [1.54, 1.807) is 12.1 Å². The first-order valence-corrected chi connectivity index (χ1v) is 9.37. The van der Waals surface area contributed by atoms with Crippen LogP contribution < -0.4 is 10.5 Å². The second-order valence-corrected chi connectivity index (χ2v) is 7.19. The fourth-order valence-electron chi connectivity index (χ4n) is 3.33. The zero-order chi connectivity index (χ0) is 22.0. The average molecular weight is 433 g/mol. The van der Waals surface area contributed by atoms with Crippen LogP contribution in [-0.4, -0.2) is 110 Å². The third kappa shape index (κ3) is 4.68. The van der Waals surface area contributed by atoms with Crippen LogP contribution in [0.2, 0.25) is 0 Å². The molecule has 2 saturated heterocycles. The highest BCUT2D eigenvalue weighted by molar-refractivity contribution is 5.41. The van der Waals surface area contributed by atoms with E-state index in [1.165, 1.54) is 12.1 Å². The minimum atomic E-state index is -1.73. The second-order valence-electron chi connectivity index (χ2n) is 7.19. The lowest BCUT2D eigenvalue weighted by molar-refractivity contribution is -0.352. The highest BCUT2D eigenvalue weighted by Gasteiger charge is 2.51. The molecule has 2 aliphatic heterocycles. The van der Waals surface area contributed by atoms with Gasteiger partial charge in [0, 0.05) is 5.69 Å². The molecule has 12 heteroatoms. The van der Waals surface area contributed by atoms with Gasteiger partial charge in [-0.3, -0.25) is 0 Å². The van der Waals surface area contributed by atoms with Crippen LogP contribution in [-0.2, 0) is 14.2 Å². The van der Waals surface area contributed by atoms with Crippen molar-refractivity contribution in [1.82, 2.24) is 0 Å². The summed E-state index contributed by atoms with van der Waals surface area (Å²) in [6, 6.07) is 6.19. The topological polar surface area (TPSA) is 205 Å². The molecule has 2 heterocycles. The molecule has 1 aromatic rings. The lowest BCUT2D eigenvalue weighted by atomic mass is 9.97.